The number of hydrogen-bond donors (Lipinski definition) is 1. The van der Waals surface area contributed by atoms with Crippen molar-refractivity contribution in [1.29, 1.82) is 0 Å². The number of carbonyl (C=O) groups excluding carboxylic acids is 2. The van der Waals surface area contributed by atoms with Gasteiger partial charge in [-0.15, -0.1) is 0 Å². The van der Waals surface area contributed by atoms with E-state index in [2.05, 4.69) is 5.32 Å². The van der Waals surface area contributed by atoms with Crippen LogP contribution in [0.5, 0.6) is 11.5 Å². The zero-order valence-corrected chi connectivity index (χ0v) is 14.9. The van der Waals surface area contributed by atoms with Gasteiger partial charge in [-0.05, 0) is 42.0 Å². The Bertz CT molecular complexity index is 990. The van der Waals surface area contributed by atoms with Crippen LogP contribution in [0.4, 0.5) is 10.5 Å². The molecule has 1 heterocycles. The number of carbonyl (C=O) groups is 2. The molecule has 0 aromatic heterocycles. The lowest BCUT2D eigenvalue weighted by atomic mass is 10.1. The predicted molar refractivity (Wildman–Crippen MR) is 103 cm³/mol. The van der Waals surface area contributed by atoms with Gasteiger partial charge in [-0.3, -0.25) is 15.0 Å². The highest BCUT2D eigenvalue weighted by molar-refractivity contribution is 6.30. The van der Waals surface area contributed by atoms with Crippen molar-refractivity contribution in [1.82, 2.24) is 5.32 Å². The largest absolute Gasteiger partial charge is 0.457 e. The standard InChI is InChI=1S/C21H15ClN2O3/c22-15-9-11-17(12-10-15)27-18-8-4-7-16(13-18)24-19(20(25)23-21(24)26)14-5-2-1-3-6-14/h1-13,19H,(H,23,25,26)/t19-/m0/s1. The molecule has 3 amide bonds. The van der Waals surface area contributed by atoms with Gasteiger partial charge in [0.1, 0.15) is 17.5 Å². The molecule has 5 nitrogen and oxygen atoms in total. The van der Waals surface area contributed by atoms with E-state index in [0.29, 0.717) is 22.2 Å². The molecule has 1 aliphatic heterocycles. The van der Waals surface area contributed by atoms with Gasteiger partial charge in [-0.25, -0.2) is 4.79 Å². The van der Waals surface area contributed by atoms with Crippen LogP contribution >= 0.6 is 11.6 Å². The Hall–Kier alpha value is -3.31. The van der Waals surface area contributed by atoms with Crippen LogP contribution in [0, 0.1) is 0 Å². The third-order valence-electron chi connectivity index (χ3n) is 4.22. The molecule has 0 aliphatic carbocycles. The van der Waals surface area contributed by atoms with Crippen molar-refractivity contribution < 1.29 is 14.3 Å². The van der Waals surface area contributed by atoms with Crippen LogP contribution in [-0.4, -0.2) is 11.9 Å². The highest BCUT2D eigenvalue weighted by Crippen LogP contribution is 2.34. The summed E-state index contributed by atoms with van der Waals surface area (Å²) in [5, 5.41) is 3.00. The minimum atomic E-state index is -0.718. The minimum absolute atomic E-state index is 0.352. The maximum absolute atomic E-state index is 12.4. The van der Waals surface area contributed by atoms with E-state index >= 15 is 0 Å². The molecule has 4 rings (SSSR count). The number of amides is 3. The lowest BCUT2D eigenvalue weighted by Crippen LogP contribution is -2.29. The molecule has 3 aromatic rings. The van der Waals surface area contributed by atoms with Gasteiger partial charge in [-0.2, -0.15) is 0 Å². The van der Waals surface area contributed by atoms with Crippen molar-refractivity contribution in [3.05, 3.63) is 89.4 Å². The van der Waals surface area contributed by atoms with Crippen LogP contribution < -0.4 is 15.0 Å². The maximum Gasteiger partial charge on any atom is 0.329 e. The Morgan fingerprint density at radius 3 is 2.33 bits per heavy atom. The number of ether oxygens (including phenoxy) is 1. The second-order valence-corrected chi connectivity index (χ2v) is 6.47. The summed E-state index contributed by atoms with van der Waals surface area (Å²) in [4.78, 5) is 26.2. The number of anilines is 1. The molecule has 1 atom stereocenters. The first-order valence-corrected chi connectivity index (χ1v) is 8.72. The van der Waals surface area contributed by atoms with Gasteiger partial charge in [0.25, 0.3) is 5.91 Å². The molecule has 0 radical (unpaired) electrons. The molecular weight excluding hydrogens is 364 g/mol. The zero-order valence-electron chi connectivity index (χ0n) is 14.1. The fourth-order valence-electron chi connectivity index (χ4n) is 3.01. The van der Waals surface area contributed by atoms with E-state index in [4.69, 9.17) is 16.3 Å². The molecule has 27 heavy (non-hydrogen) atoms. The number of urea groups is 1. The monoisotopic (exact) mass is 378 g/mol. The van der Waals surface area contributed by atoms with Crippen LogP contribution in [0.1, 0.15) is 11.6 Å². The fraction of sp³-hybridized carbons (Fsp3) is 0.0476. The number of hydrogen-bond acceptors (Lipinski definition) is 3. The van der Waals surface area contributed by atoms with Crippen molar-refractivity contribution in [2.75, 3.05) is 4.90 Å². The summed E-state index contributed by atoms with van der Waals surface area (Å²) >= 11 is 5.89. The number of nitrogens with one attached hydrogen (secondary N) is 1. The van der Waals surface area contributed by atoms with Gasteiger partial charge >= 0.3 is 6.03 Å². The fourth-order valence-corrected chi connectivity index (χ4v) is 3.13. The second kappa shape index (κ2) is 7.13. The van der Waals surface area contributed by atoms with Crippen molar-refractivity contribution >= 4 is 29.2 Å². The number of benzene rings is 3. The van der Waals surface area contributed by atoms with Crippen LogP contribution in [-0.2, 0) is 4.79 Å². The first-order valence-electron chi connectivity index (χ1n) is 8.34. The minimum Gasteiger partial charge on any atom is -0.457 e. The number of halogens is 1. The van der Waals surface area contributed by atoms with E-state index in [9.17, 15) is 9.59 Å². The van der Waals surface area contributed by atoms with Gasteiger partial charge in [0.15, 0.2) is 0 Å². The second-order valence-electron chi connectivity index (χ2n) is 6.03. The Morgan fingerprint density at radius 1 is 0.852 bits per heavy atom. The summed E-state index contributed by atoms with van der Waals surface area (Å²) in [6.07, 6.45) is 0. The molecule has 3 aromatic carbocycles. The lowest BCUT2D eigenvalue weighted by Gasteiger charge is -2.22. The predicted octanol–water partition coefficient (Wildman–Crippen LogP) is 4.93. The van der Waals surface area contributed by atoms with Gasteiger partial charge in [0, 0.05) is 11.1 Å². The normalized spacial score (nSPS) is 16.3. The van der Waals surface area contributed by atoms with Crippen LogP contribution in [0.3, 0.4) is 0 Å². The average Bonchev–Trinajstić information content (AvgIpc) is 2.98. The van der Waals surface area contributed by atoms with Gasteiger partial charge < -0.3 is 4.74 Å². The maximum atomic E-state index is 12.4. The van der Waals surface area contributed by atoms with E-state index in [-0.39, 0.29) is 5.91 Å². The number of rotatable bonds is 4. The van der Waals surface area contributed by atoms with E-state index in [1.54, 1.807) is 48.5 Å². The van der Waals surface area contributed by atoms with E-state index in [1.807, 2.05) is 30.3 Å². The van der Waals surface area contributed by atoms with Crippen molar-refractivity contribution in [2.45, 2.75) is 6.04 Å². The SMILES string of the molecule is O=C1NC(=O)N(c2cccc(Oc3ccc(Cl)cc3)c2)[C@H]1c1ccccc1. The summed E-state index contributed by atoms with van der Waals surface area (Å²) in [6, 6.07) is 22.0. The molecular formula is C21H15ClN2O3. The summed E-state index contributed by atoms with van der Waals surface area (Å²) in [6.45, 7) is 0. The lowest BCUT2D eigenvalue weighted by molar-refractivity contribution is -0.119. The van der Waals surface area contributed by atoms with Crippen molar-refractivity contribution in [3.8, 4) is 11.5 Å². The quantitative estimate of drug-likeness (QED) is 0.655. The number of nitrogens with zero attached hydrogens (tertiary/aromatic N) is 1. The van der Waals surface area contributed by atoms with Crippen LogP contribution in [0.2, 0.25) is 5.02 Å². The zero-order chi connectivity index (χ0) is 18.8. The molecule has 0 bridgehead atoms. The van der Waals surface area contributed by atoms with Gasteiger partial charge in [-0.1, -0.05) is 48.0 Å². The molecule has 0 saturated carbocycles. The Labute approximate surface area is 161 Å². The highest BCUT2D eigenvalue weighted by Gasteiger charge is 2.40. The highest BCUT2D eigenvalue weighted by atomic mass is 35.5. The molecule has 0 unspecified atom stereocenters. The first kappa shape index (κ1) is 17.1. The number of imide groups is 1. The van der Waals surface area contributed by atoms with Crippen LogP contribution in [0.25, 0.3) is 0 Å². The van der Waals surface area contributed by atoms with Crippen molar-refractivity contribution in [3.63, 3.8) is 0 Å². The molecule has 0 spiro atoms. The van der Waals surface area contributed by atoms with Crippen molar-refractivity contribution in [2.24, 2.45) is 0 Å². The molecule has 1 aliphatic rings. The summed E-state index contributed by atoms with van der Waals surface area (Å²) in [5.41, 5.74) is 1.31. The Kier molecular flexibility index (Phi) is 4.52. The van der Waals surface area contributed by atoms with Gasteiger partial charge in [0.2, 0.25) is 0 Å². The topological polar surface area (TPSA) is 58.6 Å². The molecule has 1 saturated heterocycles. The molecule has 1 N–H and O–H groups in total. The summed E-state index contributed by atoms with van der Waals surface area (Å²) in [5.74, 6) is 0.821. The smallest absolute Gasteiger partial charge is 0.329 e. The van der Waals surface area contributed by atoms with Gasteiger partial charge in [0.05, 0.1) is 5.69 Å². The Morgan fingerprint density at radius 2 is 1.59 bits per heavy atom. The summed E-state index contributed by atoms with van der Waals surface area (Å²) in [7, 11) is 0. The average molecular weight is 379 g/mol. The third-order valence-corrected chi connectivity index (χ3v) is 4.47. The van der Waals surface area contributed by atoms with Crippen LogP contribution in [0.15, 0.2) is 78.9 Å². The Balaban J connectivity index is 1.66. The summed E-state index contributed by atoms with van der Waals surface area (Å²) < 4.78 is 5.83. The third kappa shape index (κ3) is 3.50. The molecule has 134 valence electrons. The van der Waals surface area contributed by atoms with E-state index < -0.39 is 12.1 Å². The molecule has 6 heteroatoms. The van der Waals surface area contributed by atoms with E-state index in [0.717, 1.165) is 5.56 Å². The molecule has 1 fully saturated rings. The van der Waals surface area contributed by atoms with E-state index in [1.165, 1.54) is 4.90 Å². The first-order chi connectivity index (χ1) is 13.1.